The lowest BCUT2D eigenvalue weighted by Crippen LogP contribution is -2.04. The molecule has 0 spiro atoms. The van der Waals surface area contributed by atoms with E-state index in [0.717, 1.165) is 11.3 Å². The van der Waals surface area contributed by atoms with Gasteiger partial charge in [0, 0.05) is 13.1 Å². The molecule has 7 heteroatoms. The zero-order chi connectivity index (χ0) is 11.0. The van der Waals surface area contributed by atoms with Crippen LogP contribution in [0, 0.1) is 5.13 Å². The summed E-state index contributed by atoms with van der Waals surface area (Å²) >= 11 is 0.848. The molecule has 1 N–H and O–H groups in total. The van der Waals surface area contributed by atoms with Crippen LogP contribution < -0.4 is 0 Å². The quantitative estimate of drug-likeness (QED) is 0.841. The van der Waals surface area contributed by atoms with Crippen LogP contribution in [0.15, 0.2) is 11.6 Å². The van der Waals surface area contributed by atoms with Gasteiger partial charge in [0.05, 0.1) is 5.51 Å². The average molecular weight is 227 g/mol. The predicted octanol–water partition coefficient (Wildman–Crippen LogP) is 1.38. The van der Waals surface area contributed by atoms with E-state index >= 15 is 0 Å². The predicted molar refractivity (Wildman–Crippen MR) is 51.2 cm³/mol. The number of thiazole rings is 1. The van der Waals surface area contributed by atoms with Gasteiger partial charge in [-0.2, -0.15) is 9.49 Å². The van der Waals surface area contributed by atoms with Gasteiger partial charge in [-0.15, -0.1) is 0 Å². The molecule has 0 atom stereocenters. The Morgan fingerprint density at radius 1 is 1.67 bits per heavy atom. The largest absolute Gasteiger partial charge is 0.477 e. The standard InChI is InChI=1S/C8H6FN3O2S/c1-12-5(8(13)14)2-4(11-12)6-7(9)15-3-10-6/h2-3H,1H3,(H,13,14). The summed E-state index contributed by atoms with van der Waals surface area (Å²) in [6.45, 7) is 0. The van der Waals surface area contributed by atoms with E-state index in [1.807, 2.05) is 0 Å². The van der Waals surface area contributed by atoms with Gasteiger partial charge in [-0.05, 0) is 0 Å². The molecule has 0 fully saturated rings. The maximum Gasteiger partial charge on any atom is 0.354 e. The highest BCUT2D eigenvalue weighted by Gasteiger charge is 2.16. The minimum Gasteiger partial charge on any atom is -0.477 e. The molecule has 2 heterocycles. The van der Waals surface area contributed by atoms with Gasteiger partial charge in [0.1, 0.15) is 17.1 Å². The Labute approximate surface area is 87.8 Å². The van der Waals surface area contributed by atoms with Crippen LogP contribution in [0.5, 0.6) is 0 Å². The third-order valence-corrected chi connectivity index (χ3v) is 2.48. The SMILES string of the molecule is Cn1nc(-c2ncsc2F)cc1C(=O)O. The molecule has 78 valence electrons. The molecule has 0 radical (unpaired) electrons. The lowest BCUT2D eigenvalue weighted by atomic mass is 10.3. The first-order valence-electron chi connectivity index (χ1n) is 3.96. The second kappa shape index (κ2) is 3.43. The highest BCUT2D eigenvalue weighted by molar-refractivity contribution is 7.08. The van der Waals surface area contributed by atoms with Gasteiger partial charge in [0.25, 0.3) is 0 Å². The van der Waals surface area contributed by atoms with Gasteiger partial charge in [-0.25, -0.2) is 9.78 Å². The zero-order valence-corrected chi connectivity index (χ0v) is 8.45. The van der Waals surface area contributed by atoms with Crippen LogP contribution in [-0.2, 0) is 7.05 Å². The van der Waals surface area contributed by atoms with Crippen molar-refractivity contribution in [2.24, 2.45) is 7.05 Å². The number of hydrogen-bond donors (Lipinski definition) is 1. The number of carbonyl (C=O) groups is 1. The van der Waals surface area contributed by atoms with Crippen LogP contribution in [0.2, 0.25) is 0 Å². The summed E-state index contributed by atoms with van der Waals surface area (Å²) in [4.78, 5) is 14.5. The monoisotopic (exact) mass is 227 g/mol. The van der Waals surface area contributed by atoms with Crippen LogP contribution in [0.3, 0.4) is 0 Å². The van der Waals surface area contributed by atoms with Crippen LogP contribution in [0.25, 0.3) is 11.4 Å². The van der Waals surface area contributed by atoms with Crippen molar-refractivity contribution >= 4 is 17.3 Å². The molecule has 15 heavy (non-hydrogen) atoms. The number of aryl methyl sites for hydroxylation is 1. The Balaban J connectivity index is 2.52. The summed E-state index contributed by atoms with van der Waals surface area (Å²) < 4.78 is 14.3. The third-order valence-electron chi connectivity index (χ3n) is 1.87. The Bertz CT molecular complexity index is 520. The van der Waals surface area contributed by atoms with Crippen molar-refractivity contribution in [2.75, 3.05) is 0 Å². The fraction of sp³-hybridized carbons (Fsp3) is 0.125. The van der Waals surface area contributed by atoms with E-state index in [1.165, 1.54) is 23.3 Å². The van der Waals surface area contributed by atoms with Crippen LogP contribution >= 0.6 is 11.3 Å². The van der Waals surface area contributed by atoms with Gasteiger partial charge in [0.2, 0.25) is 5.13 Å². The fourth-order valence-electron chi connectivity index (χ4n) is 1.18. The molecule has 0 bridgehead atoms. The second-order valence-electron chi connectivity index (χ2n) is 2.82. The summed E-state index contributed by atoms with van der Waals surface area (Å²) in [6, 6.07) is 1.29. The number of nitrogens with zero attached hydrogens (tertiary/aromatic N) is 3. The molecule has 0 aliphatic carbocycles. The molecule has 0 saturated heterocycles. The lowest BCUT2D eigenvalue weighted by Gasteiger charge is -1.91. The maximum atomic E-state index is 13.1. The fourth-order valence-corrected chi connectivity index (χ4v) is 1.70. The van der Waals surface area contributed by atoms with E-state index in [-0.39, 0.29) is 17.1 Å². The normalized spacial score (nSPS) is 10.5. The van der Waals surface area contributed by atoms with E-state index < -0.39 is 11.1 Å². The topological polar surface area (TPSA) is 68.0 Å². The number of carboxylic acid groups (broad SMARTS) is 1. The Hall–Kier alpha value is -1.76. The van der Waals surface area contributed by atoms with Gasteiger partial charge in [-0.3, -0.25) is 4.68 Å². The first-order chi connectivity index (χ1) is 7.09. The van der Waals surface area contributed by atoms with Crippen LogP contribution in [-0.4, -0.2) is 25.8 Å². The summed E-state index contributed by atoms with van der Waals surface area (Å²) in [7, 11) is 1.48. The molecular weight excluding hydrogens is 221 g/mol. The maximum absolute atomic E-state index is 13.1. The van der Waals surface area contributed by atoms with Gasteiger partial charge in [-0.1, -0.05) is 11.3 Å². The summed E-state index contributed by atoms with van der Waals surface area (Å²) in [6.07, 6.45) is 0. The Morgan fingerprint density at radius 3 is 2.87 bits per heavy atom. The highest BCUT2D eigenvalue weighted by Crippen LogP contribution is 2.22. The lowest BCUT2D eigenvalue weighted by molar-refractivity contribution is 0.0685. The molecule has 0 saturated carbocycles. The Kier molecular flexibility index (Phi) is 2.24. The van der Waals surface area contributed by atoms with E-state index in [4.69, 9.17) is 5.11 Å². The van der Waals surface area contributed by atoms with Crippen LogP contribution in [0.1, 0.15) is 10.5 Å². The van der Waals surface area contributed by atoms with Crippen molar-refractivity contribution in [1.29, 1.82) is 0 Å². The minimum atomic E-state index is -1.10. The minimum absolute atomic E-state index is 0.00241. The number of rotatable bonds is 2. The molecule has 2 rings (SSSR count). The number of aromatic carboxylic acids is 1. The molecule has 0 unspecified atom stereocenters. The third kappa shape index (κ3) is 1.61. The Morgan fingerprint density at radius 2 is 2.40 bits per heavy atom. The molecule has 0 aliphatic rings. The smallest absolute Gasteiger partial charge is 0.354 e. The van der Waals surface area contributed by atoms with Crippen LogP contribution in [0.4, 0.5) is 4.39 Å². The van der Waals surface area contributed by atoms with E-state index in [2.05, 4.69) is 10.1 Å². The number of hydrogen-bond acceptors (Lipinski definition) is 4. The van der Waals surface area contributed by atoms with Crippen molar-refractivity contribution in [3.8, 4) is 11.4 Å². The molecule has 2 aromatic rings. The van der Waals surface area contributed by atoms with E-state index in [9.17, 15) is 9.18 Å². The zero-order valence-electron chi connectivity index (χ0n) is 7.64. The van der Waals surface area contributed by atoms with Gasteiger partial charge < -0.3 is 5.11 Å². The number of halogens is 1. The average Bonchev–Trinajstić information content (AvgIpc) is 2.71. The summed E-state index contributed by atoms with van der Waals surface area (Å²) in [5.41, 5.74) is 1.66. The van der Waals surface area contributed by atoms with E-state index in [0.29, 0.717) is 0 Å². The van der Waals surface area contributed by atoms with Crippen molar-refractivity contribution in [2.45, 2.75) is 0 Å². The first kappa shape index (κ1) is 9.78. The molecular formula is C8H6FN3O2S. The highest BCUT2D eigenvalue weighted by atomic mass is 32.1. The number of aromatic nitrogens is 3. The molecule has 0 amide bonds. The summed E-state index contributed by atoms with van der Waals surface area (Å²) in [5, 5.41) is 12.2. The van der Waals surface area contributed by atoms with Crippen molar-refractivity contribution in [3.05, 3.63) is 22.4 Å². The first-order valence-corrected chi connectivity index (χ1v) is 4.84. The molecule has 0 aliphatic heterocycles. The van der Waals surface area contributed by atoms with E-state index in [1.54, 1.807) is 0 Å². The van der Waals surface area contributed by atoms with Crippen molar-refractivity contribution in [1.82, 2.24) is 14.8 Å². The van der Waals surface area contributed by atoms with Gasteiger partial charge in [0.15, 0.2) is 0 Å². The van der Waals surface area contributed by atoms with Gasteiger partial charge >= 0.3 is 5.97 Å². The molecule has 0 aromatic carbocycles. The molecule has 2 aromatic heterocycles. The summed E-state index contributed by atoms with van der Waals surface area (Å²) in [5.74, 6) is -1.10. The van der Waals surface area contributed by atoms with Crippen molar-refractivity contribution in [3.63, 3.8) is 0 Å². The second-order valence-corrected chi connectivity index (χ2v) is 3.62. The number of carboxylic acids is 1. The molecule has 5 nitrogen and oxygen atoms in total. The van der Waals surface area contributed by atoms with Crippen molar-refractivity contribution < 1.29 is 14.3 Å².